The fourth-order valence-corrected chi connectivity index (χ4v) is 2.17. The molecule has 0 aliphatic rings. The van der Waals surface area contributed by atoms with Crippen molar-refractivity contribution >= 4 is 39.5 Å². The average Bonchev–Trinajstić information content (AvgIpc) is 2.45. The number of nitrogens with one attached hydrogen (secondary N) is 2. The third-order valence-corrected chi connectivity index (χ3v) is 4.38. The van der Waals surface area contributed by atoms with E-state index in [0.717, 1.165) is 5.75 Å². The van der Waals surface area contributed by atoms with Crippen molar-refractivity contribution < 1.29 is 9.59 Å². The summed E-state index contributed by atoms with van der Waals surface area (Å²) >= 11 is 4.71. The van der Waals surface area contributed by atoms with Gasteiger partial charge in [0.05, 0.1) is 10.6 Å². The van der Waals surface area contributed by atoms with Gasteiger partial charge in [0.25, 0.3) is 5.91 Å². The van der Waals surface area contributed by atoms with E-state index in [9.17, 15) is 9.59 Å². The van der Waals surface area contributed by atoms with Gasteiger partial charge in [-0.3, -0.25) is 20.4 Å². The predicted molar refractivity (Wildman–Crippen MR) is 81.9 cm³/mol. The van der Waals surface area contributed by atoms with Gasteiger partial charge in [-0.05, 0) is 12.0 Å². The summed E-state index contributed by atoms with van der Waals surface area (Å²) in [6, 6.07) is 9.93. The molecule has 6 heteroatoms. The van der Waals surface area contributed by atoms with E-state index < -0.39 is 0 Å². The first-order valence-electron chi connectivity index (χ1n) is 5.98. The molecule has 0 spiro atoms. The Bertz CT molecular complexity index is 414. The molecule has 0 aromatic heterocycles. The monoisotopic (exact) mass is 344 g/mol. The van der Waals surface area contributed by atoms with E-state index in [1.165, 1.54) is 17.3 Å². The minimum Gasteiger partial charge on any atom is -0.272 e. The van der Waals surface area contributed by atoms with Crippen LogP contribution in [0.4, 0.5) is 0 Å². The highest BCUT2D eigenvalue weighted by Crippen LogP contribution is 2.10. The van der Waals surface area contributed by atoms with Crippen LogP contribution in [0.25, 0.3) is 0 Å². The second kappa shape index (κ2) is 8.98. The molecule has 1 unspecified atom stereocenters. The minimum atomic E-state index is -0.273. The van der Waals surface area contributed by atoms with Crippen molar-refractivity contribution in [3.8, 4) is 0 Å². The topological polar surface area (TPSA) is 58.2 Å². The van der Waals surface area contributed by atoms with Crippen LogP contribution in [-0.4, -0.2) is 22.4 Å². The summed E-state index contributed by atoms with van der Waals surface area (Å²) in [5, 5.41) is 0. The Labute approximate surface area is 125 Å². The average molecular weight is 345 g/mol. The van der Waals surface area contributed by atoms with E-state index in [0.29, 0.717) is 12.2 Å². The maximum Gasteiger partial charge on any atom is 0.252 e. The highest BCUT2D eigenvalue weighted by Gasteiger charge is 2.12. The Morgan fingerprint density at radius 1 is 1.26 bits per heavy atom. The van der Waals surface area contributed by atoms with E-state index >= 15 is 0 Å². The number of carbonyl (C=O) groups excluding carboxylic acids is 2. The maximum absolute atomic E-state index is 11.5. The van der Waals surface area contributed by atoms with Crippen LogP contribution in [0.5, 0.6) is 0 Å². The molecule has 2 amide bonds. The van der Waals surface area contributed by atoms with Crippen molar-refractivity contribution in [3.05, 3.63) is 35.9 Å². The minimum absolute atomic E-state index is 0.204. The molecule has 0 saturated carbocycles. The van der Waals surface area contributed by atoms with Crippen molar-refractivity contribution in [2.75, 3.05) is 5.75 Å². The summed E-state index contributed by atoms with van der Waals surface area (Å²) in [7, 11) is 0. The van der Waals surface area contributed by atoms with Gasteiger partial charge in [0, 0.05) is 5.75 Å². The maximum atomic E-state index is 11.5. The lowest BCUT2D eigenvalue weighted by Crippen LogP contribution is -2.45. The van der Waals surface area contributed by atoms with Crippen LogP contribution in [0.1, 0.15) is 18.9 Å². The zero-order valence-corrected chi connectivity index (χ0v) is 13.1. The molecular weight excluding hydrogens is 328 g/mol. The molecular formula is C13H17BrN2O2S. The van der Waals surface area contributed by atoms with Crippen LogP contribution in [0, 0.1) is 0 Å². The van der Waals surface area contributed by atoms with Gasteiger partial charge >= 0.3 is 0 Å². The van der Waals surface area contributed by atoms with Gasteiger partial charge in [-0.1, -0.05) is 53.2 Å². The Kier molecular flexibility index (Phi) is 7.59. The molecule has 4 nitrogen and oxygen atoms in total. The van der Waals surface area contributed by atoms with Crippen molar-refractivity contribution in [2.24, 2.45) is 0 Å². The molecule has 0 aliphatic heterocycles. The van der Waals surface area contributed by atoms with Crippen LogP contribution in [0.2, 0.25) is 0 Å². The number of halogens is 1. The molecule has 1 atom stereocenters. The number of thioether (sulfide) groups is 1. The molecule has 0 aliphatic carbocycles. The van der Waals surface area contributed by atoms with E-state index in [1.807, 2.05) is 37.3 Å². The molecule has 1 aromatic rings. The number of amides is 2. The molecule has 1 rings (SSSR count). The van der Waals surface area contributed by atoms with Gasteiger partial charge in [0.15, 0.2) is 0 Å². The van der Waals surface area contributed by atoms with Gasteiger partial charge in [-0.25, -0.2) is 0 Å². The lowest BCUT2D eigenvalue weighted by molar-refractivity contribution is -0.127. The van der Waals surface area contributed by atoms with E-state index in [-0.39, 0.29) is 16.6 Å². The van der Waals surface area contributed by atoms with Crippen LogP contribution >= 0.6 is 27.7 Å². The van der Waals surface area contributed by atoms with Crippen LogP contribution < -0.4 is 10.9 Å². The van der Waals surface area contributed by atoms with Gasteiger partial charge in [-0.2, -0.15) is 0 Å². The lowest BCUT2D eigenvalue weighted by Gasteiger charge is -2.09. The first-order valence-corrected chi connectivity index (χ1v) is 8.05. The third-order valence-electron chi connectivity index (χ3n) is 2.31. The second-order valence-electron chi connectivity index (χ2n) is 3.89. The van der Waals surface area contributed by atoms with E-state index in [2.05, 4.69) is 26.8 Å². The number of hydrogen-bond donors (Lipinski definition) is 2. The van der Waals surface area contributed by atoms with Gasteiger partial charge in [0.1, 0.15) is 0 Å². The Morgan fingerprint density at radius 2 is 1.95 bits per heavy atom. The summed E-state index contributed by atoms with van der Waals surface area (Å²) < 4.78 is 0. The molecule has 0 fully saturated rings. The van der Waals surface area contributed by atoms with Crippen LogP contribution in [0.3, 0.4) is 0 Å². The zero-order chi connectivity index (χ0) is 14.1. The summed E-state index contributed by atoms with van der Waals surface area (Å²) in [5.41, 5.74) is 5.95. The SMILES string of the molecule is CCC(Br)C(=O)NNC(=O)CSCc1ccccc1. The quantitative estimate of drug-likeness (QED) is 0.614. The summed E-state index contributed by atoms with van der Waals surface area (Å²) in [5.74, 6) is 0.654. The lowest BCUT2D eigenvalue weighted by atomic mass is 10.2. The Balaban J connectivity index is 2.16. The molecule has 0 bridgehead atoms. The first kappa shape index (κ1) is 16.0. The Hall–Kier alpha value is -1.01. The molecule has 0 saturated heterocycles. The molecule has 1 aromatic carbocycles. The molecule has 0 radical (unpaired) electrons. The number of hydrogen-bond acceptors (Lipinski definition) is 3. The molecule has 0 heterocycles. The van der Waals surface area contributed by atoms with E-state index in [4.69, 9.17) is 0 Å². The number of alkyl halides is 1. The van der Waals surface area contributed by atoms with Crippen molar-refractivity contribution in [3.63, 3.8) is 0 Å². The van der Waals surface area contributed by atoms with Gasteiger partial charge < -0.3 is 0 Å². The van der Waals surface area contributed by atoms with E-state index in [1.54, 1.807) is 0 Å². The van der Waals surface area contributed by atoms with Crippen molar-refractivity contribution in [1.82, 2.24) is 10.9 Å². The summed E-state index contributed by atoms with van der Waals surface area (Å²) in [6.45, 7) is 1.89. The smallest absolute Gasteiger partial charge is 0.252 e. The standard InChI is InChI=1S/C13H17BrN2O2S/c1-2-11(14)13(18)16-15-12(17)9-19-8-10-6-4-3-5-7-10/h3-7,11H,2,8-9H2,1H3,(H,15,17)(H,16,18). The van der Waals surface area contributed by atoms with Gasteiger partial charge in [0.2, 0.25) is 5.91 Å². The van der Waals surface area contributed by atoms with Crippen molar-refractivity contribution in [2.45, 2.75) is 23.9 Å². The predicted octanol–water partition coefficient (Wildman–Crippen LogP) is 2.24. The van der Waals surface area contributed by atoms with Crippen LogP contribution in [0.15, 0.2) is 30.3 Å². The fraction of sp³-hybridized carbons (Fsp3) is 0.385. The normalized spacial score (nSPS) is 11.7. The van der Waals surface area contributed by atoms with Gasteiger partial charge in [-0.15, -0.1) is 11.8 Å². The second-order valence-corrected chi connectivity index (χ2v) is 5.98. The highest BCUT2D eigenvalue weighted by molar-refractivity contribution is 9.10. The molecule has 2 N–H and O–H groups in total. The summed E-state index contributed by atoms with van der Waals surface area (Å²) in [6.07, 6.45) is 0.671. The molecule has 104 valence electrons. The summed E-state index contributed by atoms with van der Waals surface area (Å²) in [4.78, 5) is 22.6. The third kappa shape index (κ3) is 6.63. The molecule has 19 heavy (non-hydrogen) atoms. The highest BCUT2D eigenvalue weighted by atomic mass is 79.9. The number of carbonyl (C=O) groups is 2. The number of hydrazine groups is 1. The Morgan fingerprint density at radius 3 is 2.58 bits per heavy atom. The fourth-order valence-electron chi connectivity index (χ4n) is 1.27. The van der Waals surface area contributed by atoms with Crippen molar-refractivity contribution in [1.29, 1.82) is 0 Å². The zero-order valence-electron chi connectivity index (χ0n) is 10.7. The number of rotatable bonds is 6. The first-order chi connectivity index (χ1) is 9.13. The largest absolute Gasteiger partial charge is 0.272 e. The van der Waals surface area contributed by atoms with Crippen LogP contribution in [-0.2, 0) is 15.3 Å². The number of benzene rings is 1.